The van der Waals surface area contributed by atoms with Crippen molar-refractivity contribution in [2.75, 3.05) is 6.61 Å². The number of esters is 2. The Labute approximate surface area is 113 Å². The Balaban J connectivity index is 2.71. The van der Waals surface area contributed by atoms with E-state index in [1.807, 2.05) is 6.07 Å². The van der Waals surface area contributed by atoms with E-state index >= 15 is 0 Å². The van der Waals surface area contributed by atoms with E-state index in [9.17, 15) is 9.59 Å². The second kappa shape index (κ2) is 6.36. The minimum absolute atomic E-state index is 0.307. The molecule has 0 heterocycles. The second-order valence-electron chi connectivity index (χ2n) is 4.86. The van der Waals surface area contributed by atoms with Crippen LogP contribution in [0.3, 0.4) is 0 Å². The number of rotatable bonds is 5. The van der Waals surface area contributed by atoms with Gasteiger partial charge in [-0.1, -0.05) is 18.2 Å². The van der Waals surface area contributed by atoms with Crippen molar-refractivity contribution in [2.24, 2.45) is 5.41 Å². The molecule has 4 nitrogen and oxygen atoms in total. The highest BCUT2D eigenvalue weighted by atomic mass is 16.6. The van der Waals surface area contributed by atoms with Gasteiger partial charge in [0.1, 0.15) is 6.10 Å². The van der Waals surface area contributed by atoms with E-state index in [1.54, 1.807) is 52.0 Å². The molecule has 1 rings (SSSR count). The van der Waals surface area contributed by atoms with Crippen molar-refractivity contribution in [2.45, 2.75) is 33.8 Å². The van der Waals surface area contributed by atoms with Crippen molar-refractivity contribution in [1.82, 2.24) is 0 Å². The van der Waals surface area contributed by atoms with Crippen molar-refractivity contribution in [3.05, 3.63) is 35.9 Å². The number of hydrogen-bond donors (Lipinski definition) is 0. The molecule has 104 valence electrons. The lowest BCUT2D eigenvalue weighted by atomic mass is 9.87. The fourth-order valence-electron chi connectivity index (χ4n) is 1.43. The summed E-state index contributed by atoms with van der Waals surface area (Å²) in [6, 6.07) is 8.69. The number of carbonyl (C=O) groups excluding carboxylic acids is 2. The lowest BCUT2D eigenvalue weighted by Gasteiger charge is -2.28. The van der Waals surface area contributed by atoms with Crippen LogP contribution in [0, 0.1) is 5.41 Å². The van der Waals surface area contributed by atoms with Crippen LogP contribution in [0.2, 0.25) is 0 Å². The van der Waals surface area contributed by atoms with Crippen LogP contribution >= 0.6 is 0 Å². The fraction of sp³-hybridized carbons (Fsp3) is 0.467. The van der Waals surface area contributed by atoms with Crippen LogP contribution in [0.4, 0.5) is 0 Å². The Morgan fingerprint density at radius 1 is 1.21 bits per heavy atom. The monoisotopic (exact) mass is 264 g/mol. The fourth-order valence-corrected chi connectivity index (χ4v) is 1.43. The maximum absolute atomic E-state index is 11.9. The van der Waals surface area contributed by atoms with E-state index in [4.69, 9.17) is 9.47 Å². The molecule has 0 radical (unpaired) electrons. The molecule has 0 fully saturated rings. The van der Waals surface area contributed by atoms with E-state index in [2.05, 4.69) is 0 Å². The van der Waals surface area contributed by atoms with Gasteiger partial charge in [0.05, 0.1) is 17.6 Å². The zero-order valence-electron chi connectivity index (χ0n) is 11.8. The second-order valence-corrected chi connectivity index (χ2v) is 4.86. The molecule has 1 aromatic rings. The molecule has 4 heteroatoms. The van der Waals surface area contributed by atoms with Crippen LogP contribution < -0.4 is 0 Å². The molecule has 0 amide bonds. The predicted molar refractivity (Wildman–Crippen MR) is 71.7 cm³/mol. The van der Waals surface area contributed by atoms with Gasteiger partial charge in [0, 0.05) is 0 Å². The quantitative estimate of drug-likeness (QED) is 0.767. The average Bonchev–Trinajstić information content (AvgIpc) is 2.39. The van der Waals surface area contributed by atoms with Crippen LogP contribution in [0.5, 0.6) is 0 Å². The summed E-state index contributed by atoms with van der Waals surface area (Å²) in [5, 5.41) is 0. The normalized spacial score (nSPS) is 12.6. The summed E-state index contributed by atoms with van der Waals surface area (Å²) in [4.78, 5) is 23.7. The van der Waals surface area contributed by atoms with Gasteiger partial charge in [-0.25, -0.2) is 4.79 Å². The Morgan fingerprint density at radius 3 is 2.32 bits per heavy atom. The molecule has 1 aromatic carbocycles. The van der Waals surface area contributed by atoms with Gasteiger partial charge in [-0.2, -0.15) is 0 Å². The number of carbonyl (C=O) groups is 2. The van der Waals surface area contributed by atoms with Crippen LogP contribution in [0.15, 0.2) is 30.3 Å². The number of hydrogen-bond acceptors (Lipinski definition) is 4. The zero-order chi connectivity index (χ0) is 14.5. The molecule has 1 atom stereocenters. The van der Waals surface area contributed by atoms with Gasteiger partial charge in [-0.15, -0.1) is 0 Å². The summed E-state index contributed by atoms with van der Waals surface area (Å²) >= 11 is 0. The lowest BCUT2D eigenvalue weighted by Crippen LogP contribution is -2.39. The summed E-state index contributed by atoms with van der Waals surface area (Å²) in [6.07, 6.45) is -0.570. The van der Waals surface area contributed by atoms with Crippen LogP contribution in [-0.4, -0.2) is 24.6 Å². The van der Waals surface area contributed by atoms with Crippen molar-refractivity contribution in [1.29, 1.82) is 0 Å². The minimum Gasteiger partial charge on any atom is -0.465 e. The van der Waals surface area contributed by atoms with Gasteiger partial charge in [0.15, 0.2) is 0 Å². The molecule has 0 bridgehead atoms. The standard InChI is InChI=1S/C15H20O4/c1-5-18-14(17)15(3,4)11(2)19-13(16)12-9-7-6-8-10-12/h6-11H,5H2,1-4H3. The number of ether oxygens (including phenoxy) is 2. The molecule has 0 aromatic heterocycles. The Morgan fingerprint density at radius 2 is 1.79 bits per heavy atom. The third kappa shape index (κ3) is 3.81. The third-order valence-corrected chi connectivity index (χ3v) is 3.11. The molecular formula is C15H20O4. The lowest BCUT2D eigenvalue weighted by molar-refractivity contribution is -0.159. The van der Waals surface area contributed by atoms with E-state index in [0.717, 1.165) is 0 Å². The topological polar surface area (TPSA) is 52.6 Å². The molecule has 19 heavy (non-hydrogen) atoms. The molecule has 0 N–H and O–H groups in total. The zero-order valence-corrected chi connectivity index (χ0v) is 11.8. The van der Waals surface area contributed by atoms with E-state index in [0.29, 0.717) is 12.2 Å². The maximum atomic E-state index is 11.9. The third-order valence-electron chi connectivity index (χ3n) is 3.11. The van der Waals surface area contributed by atoms with Crippen molar-refractivity contribution >= 4 is 11.9 Å². The maximum Gasteiger partial charge on any atom is 0.338 e. The molecule has 0 spiro atoms. The smallest absolute Gasteiger partial charge is 0.338 e. The number of benzene rings is 1. The molecule has 1 unspecified atom stereocenters. The highest BCUT2D eigenvalue weighted by molar-refractivity contribution is 5.89. The molecule has 0 aliphatic rings. The highest BCUT2D eigenvalue weighted by Gasteiger charge is 2.38. The SMILES string of the molecule is CCOC(=O)C(C)(C)C(C)OC(=O)c1ccccc1. The molecular weight excluding hydrogens is 244 g/mol. The van der Waals surface area contributed by atoms with Crippen LogP contribution in [0.1, 0.15) is 38.1 Å². The first-order chi connectivity index (χ1) is 8.89. The van der Waals surface area contributed by atoms with Gasteiger partial charge in [-0.3, -0.25) is 4.79 Å². The summed E-state index contributed by atoms with van der Waals surface area (Å²) in [7, 11) is 0. The van der Waals surface area contributed by atoms with Gasteiger partial charge >= 0.3 is 11.9 Å². The summed E-state index contributed by atoms with van der Waals surface area (Å²) in [5.74, 6) is -0.811. The van der Waals surface area contributed by atoms with Crippen molar-refractivity contribution < 1.29 is 19.1 Å². The minimum atomic E-state index is -0.875. The van der Waals surface area contributed by atoms with Crippen molar-refractivity contribution in [3.63, 3.8) is 0 Å². The average molecular weight is 264 g/mol. The Bertz CT molecular complexity index is 437. The van der Waals surface area contributed by atoms with E-state index < -0.39 is 17.5 Å². The van der Waals surface area contributed by atoms with E-state index in [1.165, 1.54) is 0 Å². The summed E-state index contributed by atoms with van der Waals surface area (Å²) < 4.78 is 10.3. The molecule has 0 aliphatic heterocycles. The van der Waals surface area contributed by atoms with Crippen LogP contribution in [-0.2, 0) is 14.3 Å². The van der Waals surface area contributed by atoms with Crippen LogP contribution in [0.25, 0.3) is 0 Å². The first-order valence-electron chi connectivity index (χ1n) is 6.32. The largest absolute Gasteiger partial charge is 0.465 e. The van der Waals surface area contributed by atoms with E-state index in [-0.39, 0.29) is 5.97 Å². The first-order valence-corrected chi connectivity index (χ1v) is 6.32. The van der Waals surface area contributed by atoms with Gasteiger partial charge in [0.25, 0.3) is 0 Å². The van der Waals surface area contributed by atoms with Gasteiger partial charge < -0.3 is 9.47 Å². The van der Waals surface area contributed by atoms with Crippen molar-refractivity contribution in [3.8, 4) is 0 Å². The Hall–Kier alpha value is -1.84. The predicted octanol–water partition coefficient (Wildman–Crippen LogP) is 2.82. The van der Waals surface area contributed by atoms with Gasteiger partial charge in [0.2, 0.25) is 0 Å². The Kier molecular flexibility index (Phi) is 5.10. The molecule has 0 saturated heterocycles. The molecule has 0 aliphatic carbocycles. The summed E-state index contributed by atoms with van der Waals surface area (Å²) in [5.41, 5.74) is -0.408. The summed E-state index contributed by atoms with van der Waals surface area (Å²) in [6.45, 7) is 7.15. The highest BCUT2D eigenvalue weighted by Crippen LogP contribution is 2.25. The molecule has 0 saturated carbocycles. The van der Waals surface area contributed by atoms with Gasteiger partial charge in [-0.05, 0) is 39.8 Å². The first kappa shape index (κ1) is 15.2.